The SMILES string of the molecule is CCOC(=O)[C@H](Cc1ccccc1)NNC(=O)C1CCNCC1. The Kier molecular flexibility index (Phi) is 7.03. The van der Waals surface area contributed by atoms with Crippen molar-refractivity contribution in [1.29, 1.82) is 0 Å². The van der Waals surface area contributed by atoms with Gasteiger partial charge >= 0.3 is 5.97 Å². The van der Waals surface area contributed by atoms with Crippen molar-refractivity contribution in [2.45, 2.75) is 32.2 Å². The van der Waals surface area contributed by atoms with Gasteiger partial charge in [0.15, 0.2) is 0 Å². The van der Waals surface area contributed by atoms with Crippen LogP contribution in [0.1, 0.15) is 25.3 Å². The molecule has 0 unspecified atom stereocenters. The monoisotopic (exact) mass is 319 g/mol. The van der Waals surface area contributed by atoms with Gasteiger partial charge in [-0.05, 0) is 38.4 Å². The molecule has 1 atom stereocenters. The standard InChI is InChI=1S/C17H25N3O3/c1-2-23-17(22)15(12-13-6-4-3-5-7-13)19-20-16(21)14-8-10-18-11-9-14/h3-7,14-15,18-19H,2,8-12H2,1H3,(H,20,21)/t15-/m0/s1. The van der Waals surface area contributed by atoms with Crippen LogP contribution >= 0.6 is 0 Å². The maximum atomic E-state index is 12.2. The molecular formula is C17H25N3O3. The average molecular weight is 319 g/mol. The molecule has 0 saturated carbocycles. The van der Waals surface area contributed by atoms with Crippen LogP contribution in [-0.2, 0) is 20.7 Å². The molecule has 2 rings (SSSR count). The van der Waals surface area contributed by atoms with E-state index in [-0.39, 0.29) is 17.8 Å². The molecule has 1 fully saturated rings. The van der Waals surface area contributed by atoms with Crippen LogP contribution in [0.15, 0.2) is 30.3 Å². The molecule has 1 aromatic carbocycles. The maximum absolute atomic E-state index is 12.2. The molecule has 1 aliphatic heterocycles. The molecule has 23 heavy (non-hydrogen) atoms. The van der Waals surface area contributed by atoms with E-state index in [9.17, 15) is 9.59 Å². The lowest BCUT2D eigenvalue weighted by Gasteiger charge is -2.24. The van der Waals surface area contributed by atoms with Gasteiger partial charge in [0.05, 0.1) is 6.61 Å². The zero-order valence-corrected chi connectivity index (χ0v) is 13.5. The van der Waals surface area contributed by atoms with Gasteiger partial charge in [-0.2, -0.15) is 0 Å². The molecule has 6 heteroatoms. The molecule has 3 N–H and O–H groups in total. The lowest BCUT2D eigenvalue weighted by atomic mass is 9.98. The van der Waals surface area contributed by atoms with Crippen molar-refractivity contribution < 1.29 is 14.3 Å². The number of amides is 1. The van der Waals surface area contributed by atoms with Gasteiger partial charge in [0.1, 0.15) is 6.04 Å². The zero-order chi connectivity index (χ0) is 16.5. The largest absolute Gasteiger partial charge is 0.465 e. The zero-order valence-electron chi connectivity index (χ0n) is 13.5. The Morgan fingerprint density at radius 1 is 1.26 bits per heavy atom. The Bertz CT molecular complexity index is 501. The molecule has 1 aromatic rings. The molecule has 1 amide bonds. The molecular weight excluding hydrogens is 294 g/mol. The van der Waals surface area contributed by atoms with Crippen LogP contribution < -0.4 is 16.2 Å². The number of rotatable bonds is 7. The topological polar surface area (TPSA) is 79.5 Å². The number of hydrogen-bond donors (Lipinski definition) is 3. The fourth-order valence-corrected chi connectivity index (χ4v) is 2.63. The highest BCUT2D eigenvalue weighted by Gasteiger charge is 2.24. The fraction of sp³-hybridized carbons (Fsp3) is 0.529. The van der Waals surface area contributed by atoms with E-state index >= 15 is 0 Å². The third-order valence-electron chi connectivity index (χ3n) is 3.93. The predicted molar refractivity (Wildman–Crippen MR) is 87.4 cm³/mol. The molecule has 0 aliphatic carbocycles. The van der Waals surface area contributed by atoms with E-state index in [0.717, 1.165) is 31.5 Å². The number of ether oxygens (including phenoxy) is 1. The van der Waals surface area contributed by atoms with E-state index in [2.05, 4.69) is 16.2 Å². The number of benzene rings is 1. The van der Waals surface area contributed by atoms with E-state index in [1.165, 1.54) is 0 Å². The second-order valence-electron chi connectivity index (χ2n) is 5.65. The minimum absolute atomic E-state index is 0.0108. The Labute approximate surface area is 136 Å². The maximum Gasteiger partial charge on any atom is 0.325 e. The first-order valence-electron chi connectivity index (χ1n) is 8.17. The Morgan fingerprint density at radius 2 is 1.96 bits per heavy atom. The molecule has 1 saturated heterocycles. The minimum Gasteiger partial charge on any atom is -0.465 e. The van der Waals surface area contributed by atoms with E-state index in [4.69, 9.17) is 4.74 Å². The summed E-state index contributed by atoms with van der Waals surface area (Å²) in [6.07, 6.45) is 2.10. The Hall–Kier alpha value is -1.92. The summed E-state index contributed by atoms with van der Waals surface area (Å²) in [5.74, 6) is -0.431. The quantitative estimate of drug-likeness (QED) is 0.511. The normalized spacial score (nSPS) is 16.6. The third-order valence-corrected chi connectivity index (χ3v) is 3.93. The second-order valence-corrected chi connectivity index (χ2v) is 5.65. The first-order valence-corrected chi connectivity index (χ1v) is 8.17. The van der Waals surface area contributed by atoms with Gasteiger partial charge < -0.3 is 10.1 Å². The molecule has 0 radical (unpaired) electrons. The first kappa shape index (κ1) is 17.4. The lowest BCUT2D eigenvalue weighted by Crippen LogP contribution is -2.52. The van der Waals surface area contributed by atoms with Crippen LogP contribution in [0.4, 0.5) is 0 Å². The summed E-state index contributed by atoms with van der Waals surface area (Å²) in [5, 5.41) is 3.23. The van der Waals surface area contributed by atoms with Crippen LogP contribution in [0, 0.1) is 5.92 Å². The molecule has 126 valence electrons. The molecule has 1 aliphatic rings. The van der Waals surface area contributed by atoms with E-state index in [0.29, 0.717) is 13.0 Å². The Balaban J connectivity index is 1.91. The van der Waals surface area contributed by atoms with Gasteiger partial charge in [-0.3, -0.25) is 15.0 Å². The van der Waals surface area contributed by atoms with Gasteiger partial charge in [-0.1, -0.05) is 30.3 Å². The van der Waals surface area contributed by atoms with Crippen molar-refractivity contribution in [3.05, 3.63) is 35.9 Å². The number of carbonyl (C=O) groups excluding carboxylic acids is 2. The molecule has 0 aromatic heterocycles. The summed E-state index contributed by atoms with van der Waals surface area (Å²) < 4.78 is 5.09. The summed E-state index contributed by atoms with van der Waals surface area (Å²) in [7, 11) is 0. The third kappa shape index (κ3) is 5.65. The fourth-order valence-electron chi connectivity index (χ4n) is 2.63. The smallest absolute Gasteiger partial charge is 0.325 e. The van der Waals surface area contributed by atoms with Gasteiger partial charge in [0.25, 0.3) is 0 Å². The van der Waals surface area contributed by atoms with Gasteiger partial charge in [-0.25, -0.2) is 5.43 Å². The van der Waals surface area contributed by atoms with E-state index in [1.807, 2.05) is 30.3 Å². The van der Waals surface area contributed by atoms with Crippen LogP contribution in [-0.4, -0.2) is 37.6 Å². The van der Waals surface area contributed by atoms with Crippen LogP contribution in [0.2, 0.25) is 0 Å². The van der Waals surface area contributed by atoms with E-state index < -0.39 is 6.04 Å². The van der Waals surface area contributed by atoms with Crippen molar-refractivity contribution in [3.63, 3.8) is 0 Å². The lowest BCUT2D eigenvalue weighted by molar-refractivity contribution is -0.146. The van der Waals surface area contributed by atoms with Crippen molar-refractivity contribution in [1.82, 2.24) is 16.2 Å². The highest BCUT2D eigenvalue weighted by Crippen LogP contribution is 2.11. The minimum atomic E-state index is -0.594. The highest BCUT2D eigenvalue weighted by atomic mass is 16.5. The van der Waals surface area contributed by atoms with Gasteiger partial charge in [0, 0.05) is 12.3 Å². The number of nitrogens with one attached hydrogen (secondary N) is 3. The molecule has 1 heterocycles. The summed E-state index contributed by atoms with van der Waals surface area (Å²) in [5.41, 5.74) is 6.56. The summed E-state index contributed by atoms with van der Waals surface area (Å²) >= 11 is 0. The number of hydrazine groups is 1. The van der Waals surface area contributed by atoms with Crippen molar-refractivity contribution in [2.75, 3.05) is 19.7 Å². The number of hydrogen-bond acceptors (Lipinski definition) is 5. The second kappa shape index (κ2) is 9.27. The predicted octanol–water partition coefficient (Wildman–Crippen LogP) is 0.781. The van der Waals surface area contributed by atoms with Crippen molar-refractivity contribution in [2.24, 2.45) is 5.92 Å². The number of piperidine rings is 1. The molecule has 6 nitrogen and oxygen atoms in total. The molecule has 0 spiro atoms. The van der Waals surface area contributed by atoms with Crippen molar-refractivity contribution in [3.8, 4) is 0 Å². The average Bonchev–Trinajstić information content (AvgIpc) is 2.60. The number of esters is 1. The van der Waals surface area contributed by atoms with E-state index in [1.54, 1.807) is 6.92 Å². The Morgan fingerprint density at radius 3 is 2.61 bits per heavy atom. The first-order chi connectivity index (χ1) is 11.2. The highest BCUT2D eigenvalue weighted by molar-refractivity contribution is 5.80. The van der Waals surface area contributed by atoms with Gasteiger partial charge in [0.2, 0.25) is 5.91 Å². The molecule has 0 bridgehead atoms. The summed E-state index contributed by atoms with van der Waals surface area (Å²) in [6.45, 7) is 3.78. The number of carbonyl (C=O) groups is 2. The van der Waals surface area contributed by atoms with Crippen LogP contribution in [0.25, 0.3) is 0 Å². The van der Waals surface area contributed by atoms with Crippen LogP contribution in [0.3, 0.4) is 0 Å². The van der Waals surface area contributed by atoms with Crippen molar-refractivity contribution >= 4 is 11.9 Å². The summed E-state index contributed by atoms with van der Waals surface area (Å²) in [6, 6.07) is 9.07. The summed E-state index contributed by atoms with van der Waals surface area (Å²) in [4.78, 5) is 24.3. The van der Waals surface area contributed by atoms with Crippen LogP contribution in [0.5, 0.6) is 0 Å². The van der Waals surface area contributed by atoms with Gasteiger partial charge in [-0.15, -0.1) is 0 Å².